The Morgan fingerprint density at radius 2 is 2.39 bits per heavy atom. The zero-order chi connectivity index (χ0) is 13.0. The van der Waals surface area contributed by atoms with Gasteiger partial charge in [0.05, 0.1) is 13.2 Å². The summed E-state index contributed by atoms with van der Waals surface area (Å²) in [6.45, 7) is 6.33. The van der Waals surface area contributed by atoms with E-state index in [-0.39, 0.29) is 6.04 Å². The van der Waals surface area contributed by atoms with Crippen molar-refractivity contribution in [1.29, 1.82) is 0 Å². The van der Waals surface area contributed by atoms with Gasteiger partial charge in [-0.3, -0.25) is 0 Å². The third-order valence-corrected chi connectivity index (χ3v) is 3.49. The van der Waals surface area contributed by atoms with Crippen LogP contribution < -0.4 is 5.32 Å². The largest absolute Gasteiger partial charge is 0.378 e. The van der Waals surface area contributed by atoms with E-state index in [1.165, 1.54) is 0 Å². The molecule has 0 radical (unpaired) electrons. The van der Waals surface area contributed by atoms with Crippen LogP contribution in [0.5, 0.6) is 0 Å². The van der Waals surface area contributed by atoms with Crippen molar-refractivity contribution in [2.24, 2.45) is 0 Å². The maximum atomic E-state index is 5.45. The number of aromatic nitrogens is 2. The second-order valence-corrected chi connectivity index (χ2v) is 4.73. The molecule has 0 amide bonds. The number of nitrogens with zero attached hydrogens (tertiary/aromatic N) is 2. The minimum atomic E-state index is -0.474. The number of ether oxygens (including phenoxy) is 2. The monoisotopic (exact) mass is 255 g/mol. The molecule has 1 aliphatic rings. The van der Waals surface area contributed by atoms with Crippen LogP contribution in [0, 0.1) is 0 Å². The third-order valence-electron chi connectivity index (χ3n) is 3.49. The molecule has 1 aromatic rings. The first-order valence-electron chi connectivity index (χ1n) is 6.37. The minimum absolute atomic E-state index is 0.252. The highest BCUT2D eigenvalue weighted by Gasteiger charge is 2.30. The highest BCUT2D eigenvalue weighted by Crippen LogP contribution is 2.25. The summed E-state index contributed by atoms with van der Waals surface area (Å²) in [4.78, 5) is 4.42. The molecule has 102 valence electrons. The lowest BCUT2D eigenvalue weighted by Crippen LogP contribution is -2.42. The SMILES string of the molecule is CCC(C)(OC)c1noc(CC2COCCN2)n1. The Hall–Kier alpha value is -0.980. The number of hydrogen-bond donors (Lipinski definition) is 1. The van der Waals surface area contributed by atoms with Gasteiger partial charge in [0.15, 0.2) is 0 Å². The maximum absolute atomic E-state index is 5.45. The van der Waals surface area contributed by atoms with Crippen LogP contribution >= 0.6 is 0 Å². The molecule has 0 saturated carbocycles. The van der Waals surface area contributed by atoms with E-state index in [1.807, 2.05) is 13.8 Å². The van der Waals surface area contributed by atoms with Gasteiger partial charge >= 0.3 is 0 Å². The number of nitrogens with one attached hydrogen (secondary N) is 1. The fourth-order valence-electron chi connectivity index (χ4n) is 1.91. The zero-order valence-electron chi connectivity index (χ0n) is 11.2. The molecule has 2 atom stereocenters. The number of methoxy groups -OCH3 is 1. The molecular formula is C12H21N3O3. The number of rotatable bonds is 5. The quantitative estimate of drug-likeness (QED) is 0.842. The third kappa shape index (κ3) is 2.88. The molecule has 0 bridgehead atoms. The first-order valence-corrected chi connectivity index (χ1v) is 6.37. The topological polar surface area (TPSA) is 69.4 Å². The van der Waals surface area contributed by atoms with Crippen LogP contribution in [0.25, 0.3) is 0 Å². The van der Waals surface area contributed by atoms with Crippen molar-refractivity contribution in [1.82, 2.24) is 15.5 Å². The van der Waals surface area contributed by atoms with E-state index in [4.69, 9.17) is 14.0 Å². The van der Waals surface area contributed by atoms with Crippen LogP contribution in [0.15, 0.2) is 4.52 Å². The molecule has 1 fully saturated rings. The first-order chi connectivity index (χ1) is 8.68. The van der Waals surface area contributed by atoms with Gasteiger partial charge in [0.1, 0.15) is 5.60 Å². The van der Waals surface area contributed by atoms with Gasteiger partial charge in [-0.2, -0.15) is 4.98 Å². The molecule has 18 heavy (non-hydrogen) atoms. The van der Waals surface area contributed by atoms with Crippen LogP contribution in [0.2, 0.25) is 0 Å². The molecule has 1 aliphatic heterocycles. The molecule has 6 heteroatoms. The van der Waals surface area contributed by atoms with Crippen LogP contribution in [-0.4, -0.2) is 43.1 Å². The molecule has 2 rings (SSSR count). The van der Waals surface area contributed by atoms with E-state index in [9.17, 15) is 0 Å². The Morgan fingerprint density at radius 1 is 1.56 bits per heavy atom. The fourth-order valence-corrected chi connectivity index (χ4v) is 1.91. The van der Waals surface area contributed by atoms with E-state index in [0.29, 0.717) is 24.7 Å². The average molecular weight is 255 g/mol. The Kier molecular flexibility index (Phi) is 4.31. The van der Waals surface area contributed by atoms with Crippen LogP contribution in [-0.2, 0) is 21.5 Å². The molecular weight excluding hydrogens is 234 g/mol. The average Bonchev–Trinajstić information content (AvgIpc) is 2.88. The summed E-state index contributed by atoms with van der Waals surface area (Å²) < 4.78 is 16.1. The summed E-state index contributed by atoms with van der Waals surface area (Å²) in [5.74, 6) is 1.24. The van der Waals surface area contributed by atoms with Crippen molar-refractivity contribution in [2.75, 3.05) is 26.9 Å². The standard InChI is InChI=1S/C12H21N3O3/c1-4-12(2,16-3)11-14-10(18-15-11)7-9-8-17-6-5-13-9/h9,13H,4-8H2,1-3H3. The molecule has 1 saturated heterocycles. The molecule has 1 aromatic heterocycles. The zero-order valence-corrected chi connectivity index (χ0v) is 11.2. The summed E-state index contributed by atoms with van der Waals surface area (Å²) in [6, 6.07) is 0.252. The van der Waals surface area contributed by atoms with Crippen molar-refractivity contribution in [2.45, 2.75) is 38.3 Å². The van der Waals surface area contributed by atoms with Crippen molar-refractivity contribution >= 4 is 0 Å². The summed E-state index contributed by atoms with van der Waals surface area (Å²) >= 11 is 0. The normalized spacial score (nSPS) is 23.8. The molecule has 0 aliphatic carbocycles. The second kappa shape index (κ2) is 5.77. The van der Waals surface area contributed by atoms with Gasteiger partial charge < -0.3 is 19.3 Å². The molecule has 1 N–H and O–H groups in total. The Labute approximate surface area is 107 Å². The van der Waals surface area contributed by atoms with Crippen molar-refractivity contribution in [3.63, 3.8) is 0 Å². The van der Waals surface area contributed by atoms with Crippen molar-refractivity contribution < 1.29 is 14.0 Å². The number of hydrogen-bond acceptors (Lipinski definition) is 6. The predicted molar refractivity (Wildman–Crippen MR) is 65.3 cm³/mol. The maximum Gasteiger partial charge on any atom is 0.228 e. The Balaban J connectivity index is 2.01. The fraction of sp³-hybridized carbons (Fsp3) is 0.833. The smallest absolute Gasteiger partial charge is 0.228 e. The van der Waals surface area contributed by atoms with E-state index in [1.54, 1.807) is 7.11 Å². The molecule has 0 spiro atoms. The summed E-state index contributed by atoms with van der Waals surface area (Å²) in [7, 11) is 1.66. The summed E-state index contributed by atoms with van der Waals surface area (Å²) in [5.41, 5.74) is -0.474. The Bertz CT molecular complexity index is 370. The van der Waals surface area contributed by atoms with Gasteiger partial charge in [-0.05, 0) is 13.3 Å². The van der Waals surface area contributed by atoms with Crippen molar-refractivity contribution in [3.05, 3.63) is 11.7 Å². The van der Waals surface area contributed by atoms with Gasteiger partial charge in [-0.25, -0.2) is 0 Å². The van der Waals surface area contributed by atoms with Gasteiger partial charge in [0, 0.05) is 26.1 Å². The highest BCUT2D eigenvalue weighted by atomic mass is 16.5. The van der Waals surface area contributed by atoms with Gasteiger partial charge in [-0.1, -0.05) is 12.1 Å². The second-order valence-electron chi connectivity index (χ2n) is 4.73. The predicted octanol–water partition coefficient (Wildman–Crippen LogP) is 0.872. The van der Waals surface area contributed by atoms with E-state index < -0.39 is 5.60 Å². The van der Waals surface area contributed by atoms with E-state index in [2.05, 4.69) is 15.5 Å². The van der Waals surface area contributed by atoms with Crippen LogP contribution in [0.3, 0.4) is 0 Å². The first kappa shape index (κ1) is 13.5. The lowest BCUT2D eigenvalue weighted by Gasteiger charge is -2.22. The van der Waals surface area contributed by atoms with Crippen LogP contribution in [0.4, 0.5) is 0 Å². The van der Waals surface area contributed by atoms with Crippen LogP contribution in [0.1, 0.15) is 32.0 Å². The lowest BCUT2D eigenvalue weighted by atomic mass is 10.0. The highest BCUT2D eigenvalue weighted by molar-refractivity contribution is 5.00. The molecule has 0 aromatic carbocycles. The summed E-state index contributed by atoms with van der Waals surface area (Å²) in [5, 5.41) is 7.38. The lowest BCUT2D eigenvalue weighted by molar-refractivity contribution is -0.0106. The minimum Gasteiger partial charge on any atom is -0.378 e. The van der Waals surface area contributed by atoms with Crippen molar-refractivity contribution in [3.8, 4) is 0 Å². The Morgan fingerprint density at radius 3 is 3.00 bits per heavy atom. The van der Waals surface area contributed by atoms with E-state index >= 15 is 0 Å². The molecule has 2 heterocycles. The summed E-state index contributed by atoms with van der Waals surface area (Å²) in [6.07, 6.45) is 1.49. The molecule has 6 nitrogen and oxygen atoms in total. The van der Waals surface area contributed by atoms with Gasteiger partial charge in [0.2, 0.25) is 11.7 Å². The molecule has 2 unspecified atom stereocenters. The van der Waals surface area contributed by atoms with E-state index in [0.717, 1.165) is 19.6 Å². The number of morpholine rings is 1. The van der Waals surface area contributed by atoms with Gasteiger partial charge in [-0.15, -0.1) is 0 Å². The van der Waals surface area contributed by atoms with Gasteiger partial charge in [0.25, 0.3) is 0 Å².